The number of benzene rings is 1. The normalized spacial score (nSPS) is 22.0. The molecular weight excluding hydrogens is 331 g/mol. The molecule has 1 aromatic carbocycles. The zero-order chi connectivity index (χ0) is 16.3. The molecule has 0 saturated carbocycles. The lowest BCUT2D eigenvalue weighted by atomic mass is 10.2. The first-order valence-electron chi connectivity index (χ1n) is 6.96. The predicted molar refractivity (Wildman–Crippen MR) is 84.3 cm³/mol. The van der Waals surface area contributed by atoms with Crippen LogP contribution < -0.4 is 5.32 Å². The van der Waals surface area contributed by atoms with Crippen LogP contribution in [0.5, 0.6) is 0 Å². The van der Waals surface area contributed by atoms with E-state index in [1.54, 1.807) is 4.90 Å². The van der Waals surface area contributed by atoms with Gasteiger partial charge in [-0.25, -0.2) is 12.8 Å². The van der Waals surface area contributed by atoms with E-state index in [0.717, 1.165) is 0 Å². The van der Waals surface area contributed by atoms with Crippen LogP contribution in [0, 0.1) is 5.82 Å². The van der Waals surface area contributed by atoms with Crippen molar-refractivity contribution in [2.45, 2.75) is 19.4 Å². The number of nitrogens with one attached hydrogen (secondary N) is 1. The summed E-state index contributed by atoms with van der Waals surface area (Å²) in [6.45, 7) is 2.20. The third-order valence-corrected chi connectivity index (χ3v) is 5.61. The predicted octanol–water partition coefficient (Wildman–Crippen LogP) is 1.93. The number of carbonyl (C=O) groups is 1. The van der Waals surface area contributed by atoms with Crippen LogP contribution in [0.25, 0.3) is 0 Å². The highest BCUT2D eigenvalue weighted by atomic mass is 35.5. The molecule has 1 N–H and O–H groups in total. The van der Waals surface area contributed by atoms with Crippen molar-refractivity contribution < 1.29 is 17.6 Å². The molecule has 1 aliphatic rings. The Hall–Kier alpha value is -1.18. The van der Waals surface area contributed by atoms with Crippen LogP contribution >= 0.6 is 11.6 Å². The molecule has 0 spiro atoms. The van der Waals surface area contributed by atoms with Crippen LogP contribution in [0.2, 0.25) is 5.02 Å². The van der Waals surface area contributed by atoms with Crippen molar-refractivity contribution in [1.29, 1.82) is 0 Å². The van der Waals surface area contributed by atoms with Gasteiger partial charge in [-0.2, -0.15) is 0 Å². The lowest BCUT2D eigenvalue weighted by molar-refractivity contribution is -0.117. The molecule has 5 nitrogen and oxygen atoms in total. The Morgan fingerprint density at radius 2 is 2.18 bits per heavy atom. The number of hydrogen-bond acceptors (Lipinski definition) is 4. The summed E-state index contributed by atoms with van der Waals surface area (Å²) in [6.07, 6.45) is 0.487. The lowest BCUT2D eigenvalue weighted by Gasteiger charge is -2.25. The average Bonchev–Trinajstić information content (AvgIpc) is 2.56. The minimum absolute atomic E-state index is 0.0165. The highest BCUT2D eigenvalue weighted by Gasteiger charge is 2.25. The number of carbonyl (C=O) groups excluding carboxylic acids is 1. The van der Waals surface area contributed by atoms with E-state index < -0.39 is 21.6 Å². The van der Waals surface area contributed by atoms with E-state index >= 15 is 0 Å². The molecule has 122 valence electrons. The fraction of sp³-hybridized carbons (Fsp3) is 0.500. The molecule has 1 saturated heterocycles. The number of hydrogen-bond donors (Lipinski definition) is 1. The summed E-state index contributed by atoms with van der Waals surface area (Å²) >= 11 is 5.77. The quantitative estimate of drug-likeness (QED) is 0.906. The Morgan fingerprint density at radius 1 is 1.45 bits per heavy atom. The largest absolute Gasteiger partial charge is 0.322 e. The van der Waals surface area contributed by atoms with Crippen LogP contribution in [0.3, 0.4) is 0 Å². The van der Waals surface area contributed by atoms with Crippen molar-refractivity contribution in [3.63, 3.8) is 0 Å². The average molecular weight is 349 g/mol. The maximum Gasteiger partial charge on any atom is 0.238 e. The van der Waals surface area contributed by atoms with Crippen LogP contribution in [0.1, 0.15) is 13.3 Å². The summed E-state index contributed by atoms with van der Waals surface area (Å²) in [5.41, 5.74) is 0.0209. The molecule has 1 atom stereocenters. The molecule has 8 heteroatoms. The van der Waals surface area contributed by atoms with Crippen LogP contribution in [0.4, 0.5) is 10.1 Å². The molecule has 1 amide bonds. The monoisotopic (exact) mass is 348 g/mol. The molecular formula is C14H18ClFN2O3S. The minimum atomic E-state index is -3.04. The van der Waals surface area contributed by atoms with Gasteiger partial charge in [0, 0.05) is 17.6 Å². The lowest BCUT2D eigenvalue weighted by Crippen LogP contribution is -2.40. The van der Waals surface area contributed by atoms with Gasteiger partial charge in [0.15, 0.2) is 9.84 Å². The third kappa shape index (κ3) is 4.66. The minimum Gasteiger partial charge on any atom is -0.322 e. The number of halogens is 2. The summed E-state index contributed by atoms with van der Waals surface area (Å²) in [5, 5.41) is 2.80. The summed E-state index contributed by atoms with van der Waals surface area (Å²) in [5.74, 6) is -0.790. The van der Waals surface area contributed by atoms with Crippen molar-refractivity contribution in [2.24, 2.45) is 0 Å². The Labute approximate surface area is 134 Å². The number of amides is 1. The van der Waals surface area contributed by atoms with Crippen molar-refractivity contribution in [2.75, 3.05) is 29.9 Å². The van der Waals surface area contributed by atoms with Gasteiger partial charge in [-0.1, -0.05) is 11.6 Å². The summed E-state index contributed by atoms with van der Waals surface area (Å²) < 4.78 is 36.8. The van der Waals surface area contributed by atoms with E-state index in [1.807, 2.05) is 6.92 Å². The second-order valence-corrected chi connectivity index (χ2v) is 8.17. The zero-order valence-corrected chi connectivity index (χ0v) is 13.8. The first-order valence-corrected chi connectivity index (χ1v) is 9.16. The fourth-order valence-corrected chi connectivity index (χ4v) is 3.90. The second kappa shape index (κ2) is 6.93. The van der Waals surface area contributed by atoms with E-state index in [2.05, 4.69) is 5.32 Å². The van der Waals surface area contributed by atoms with Gasteiger partial charge in [0.1, 0.15) is 5.82 Å². The molecule has 0 bridgehead atoms. The summed E-state index contributed by atoms with van der Waals surface area (Å²) in [6, 6.07) is 3.89. The molecule has 0 aliphatic carbocycles. The number of anilines is 1. The number of sulfone groups is 1. The highest BCUT2D eigenvalue weighted by Crippen LogP contribution is 2.20. The van der Waals surface area contributed by atoms with Gasteiger partial charge in [-0.3, -0.25) is 9.69 Å². The summed E-state index contributed by atoms with van der Waals surface area (Å²) in [7, 11) is -3.04. The Balaban J connectivity index is 2.00. The van der Waals surface area contributed by atoms with E-state index in [1.165, 1.54) is 18.2 Å². The van der Waals surface area contributed by atoms with Crippen molar-refractivity contribution in [1.82, 2.24) is 4.90 Å². The summed E-state index contributed by atoms with van der Waals surface area (Å²) in [4.78, 5) is 13.8. The molecule has 22 heavy (non-hydrogen) atoms. The van der Waals surface area contributed by atoms with Gasteiger partial charge in [0.2, 0.25) is 5.91 Å². The van der Waals surface area contributed by atoms with E-state index in [0.29, 0.717) is 18.0 Å². The van der Waals surface area contributed by atoms with E-state index in [4.69, 9.17) is 11.6 Å². The molecule has 1 fully saturated rings. The van der Waals surface area contributed by atoms with Gasteiger partial charge in [-0.15, -0.1) is 0 Å². The molecule has 1 aliphatic heterocycles. The standard InChI is InChI=1S/C14H18ClFN2O3S/c1-10-4-6-22(20,21)7-5-18(10)9-14(19)17-13-8-11(15)2-3-12(13)16/h2-3,8,10H,4-7,9H2,1H3,(H,17,19). The van der Waals surface area contributed by atoms with Gasteiger partial charge < -0.3 is 5.32 Å². The fourth-order valence-electron chi connectivity index (χ4n) is 2.31. The first-order chi connectivity index (χ1) is 10.3. The first kappa shape index (κ1) is 17.2. The molecule has 0 radical (unpaired) electrons. The Bertz CT molecular complexity index is 666. The van der Waals surface area contributed by atoms with E-state index in [-0.39, 0.29) is 29.8 Å². The van der Waals surface area contributed by atoms with Gasteiger partial charge in [-0.05, 0) is 31.5 Å². The maximum absolute atomic E-state index is 13.6. The van der Waals surface area contributed by atoms with Crippen molar-refractivity contribution >= 4 is 33.0 Å². The van der Waals surface area contributed by atoms with Crippen molar-refractivity contribution in [3.05, 3.63) is 29.0 Å². The van der Waals surface area contributed by atoms with Gasteiger partial charge in [0.05, 0.1) is 23.7 Å². The van der Waals surface area contributed by atoms with Crippen LogP contribution in [0.15, 0.2) is 18.2 Å². The second-order valence-electron chi connectivity index (χ2n) is 5.43. The SMILES string of the molecule is CC1CCS(=O)(=O)CCN1CC(=O)Nc1cc(Cl)ccc1F. The van der Waals surface area contributed by atoms with Gasteiger partial charge in [0.25, 0.3) is 0 Å². The maximum atomic E-state index is 13.6. The third-order valence-electron chi connectivity index (χ3n) is 3.71. The van der Waals surface area contributed by atoms with Crippen LogP contribution in [-0.4, -0.2) is 49.9 Å². The molecule has 2 rings (SSSR count). The number of nitrogens with zero attached hydrogens (tertiary/aromatic N) is 1. The van der Waals surface area contributed by atoms with Crippen LogP contribution in [-0.2, 0) is 14.6 Å². The smallest absolute Gasteiger partial charge is 0.238 e. The van der Waals surface area contributed by atoms with Gasteiger partial charge >= 0.3 is 0 Å². The Kier molecular flexibility index (Phi) is 5.41. The number of rotatable bonds is 3. The van der Waals surface area contributed by atoms with E-state index in [9.17, 15) is 17.6 Å². The Morgan fingerprint density at radius 3 is 2.91 bits per heavy atom. The highest BCUT2D eigenvalue weighted by molar-refractivity contribution is 7.91. The molecule has 0 aromatic heterocycles. The molecule has 1 unspecified atom stereocenters. The molecule has 1 heterocycles. The topological polar surface area (TPSA) is 66.5 Å². The zero-order valence-electron chi connectivity index (χ0n) is 12.2. The molecule has 1 aromatic rings. The van der Waals surface area contributed by atoms with Crippen molar-refractivity contribution in [3.8, 4) is 0 Å².